The average Bonchev–Trinajstić information content (AvgIpc) is 3.24. The van der Waals surface area contributed by atoms with Gasteiger partial charge in [0.05, 0.1) is 40.2 Å². The molecule has 0 aliphatic carbocycles. The number of pyridine rings is 1. The van der Waals surface area contributed by atoms with Gasteiger partial charge in [0.2, 0.25) is 0 Å². The van der Waals surface area contributed by atoms with E-state index in [4.69, 9.17) is 21.1 Å². The standard InChI is InChI=1S/C29H41ClN2O6S/c1-8-29(32-39(36)27(3,4)5)17-38-25-21(29)16-24(31-26(25)30)28(6,35)14-13-22(34)20-12-11-19(10-9-18(2)33)23(15-20)37-7/h11-12,15-16,18,32-33,35H,8-10,13-14,17H2,1-7H3/t18-,28?,29?,39?/m1/s1. The average molecular weight is 581 g/mol. The number of Topliss-reactive ketones (excluding diaryl/α,β-unsaturated/α-hetero) is 1. The SMILES string of the molecule is CCC1(NS(=O)C(C)(C)C)COc2c1cc(C(C)(O)CCC(=O)c1ccc(CC[C@@H](C)O)c(OC)c1)nc2Cl. The second-order valence-electron chi connectivity index (χ2n) is 11.5. The van der Waals surface area contributed by atoms with Gasteiger partial charge in [-0.3, -0.25) is 4.79 Å². The zero-order chi connectivity index (χ0) is 29.2. The Morgan fingerprint density at radius 2 is 2.00 bits per heavy atom. The number of ether oxygens (including phenoxy) is 2. The molecule has 0 fully saturated rings. The summed E-state index contributed by atoms with van der Waals surface area (Å²) in [5, 5.41) is 21.1. The molecule has 1 aromatic heterocycles. The molecule has 2 aromatic rings. The molecule has 0 radical (unpaired) electrons. The van der Waals surface area contributed by atoms with E-state index >= 15 is 0 Å². The Kier molecular flexibility index (Phi) is 9.87. The fourth-order valence-corrected chi connectivity index (χ4v) is 5.66. The predicted octanol–water partition coefficient (Wildman–Crippen LogP) is 4.98. The summed E-state index contributed by atoms with van der Waals surface area (Å²) in [5.74, 6) is 0.864. The van der Waals surface area contributed by atoms with Gasteiger partial charge in [0.1, 0.15) is 18.0 Å². The second-order valence-corrected chi connectivity index (χ2v) is 13.8. The molecular weight excluding hydrogens is 540 g/mol. The molecule has 0 bridgehead atoms. The van der Waals surface area contributed by atoms with Crippen molar-refractivity contribution >= 4 is 28.4 Å². The van der Waals surface area contributed by atoms with E-state index < -0.39 is 33.0 Å². The lowest BCUT2D eigenvalue weighted by atomic mass is 9.87. The highest BCUT2D eigenvalue weighted by Gasteiger charge is 2.45. The van der Waals surface area contributed by atoms with Gasteiger partial charge in [-0.05, 0) is 78.0 Å². The number of ketones is 1. The summed E-state index contributed by atoms with van der Waals surface area (Å²) in [6, 6.07) is 7.03. The Morgan fingerprint density at radius 1 is 1.31 bits per heavy atom. The Labute approximate surface area is 239 Å². The maximum atomic E-state index is 13.1. The number of nitrogens with zero attached hydrogens (tertiary/aromatic N) is 1. The van der Waals surface area contributed by atoms with E-state index in [1.54, 1.807) is 39.2 Å². The van der Waals surface area contributed by atoms with Gasteiger partial charge in [-0.25, -0.2) is 13.9 Å². The number of halogens is 1. The number of rotatable bonds is 12. The molecule has 1 aliphatic heterocycles. The van der Waals surface area contributed by atoms with Crippen LogP contribution in [-0.2, 0) is 28.5 Å². The lowest BCUT2D eigenvalue weighted by Crippen LogP contribution is -2.49. The lowest BCUT2D eigenvalue weighted by Gasteiger charge is -2.32. The molecule has 3 unspecified atom stereocenters. The van der Waals surface area contributed by atoms with E-state index in [9.17, 15) is 19.2 Å². The number of hydrogen-bond donors (Lipinski definition) is 3. The number of aliphatic hydroxyl groups excluding tert-OH is 1. The summed E-state index contributed by atoms with van der Waals surface area (Å²) in [6.07, 6.45) is 1.56. The third-order valence-electron chi connectivity index (χ3n) is 7.19. The molecule has 3 N–H and O–H groups in total. The minimum absolute atomic E-state index is 0.0707. The van der Waals surface area contributed by atoms with E-state index in [0.29, 0.717) is 47.6 Å². The van der Waals surface area contributed by atoms with Crippen molar-refractivity contribution < 1.29 is 28.7 Å². The summed E-state index contributed by atoms with van der Waals surface area (Å²) in [7, 11) is 0.180. The highest BCUT2D eigenvalue weighted by Crippen LogP contribution is 2.45. The predicted molar refractivity (Wildman–Crippen MR) is 154 cm³/mol. The van der Waals surface area contributed by atoms with Gasteiger partial charge in [0.25, 0.3) is 0 Å². The third-order valence-corrected chi connectivity index (χ3v) is 9.13. The van der Waals surface area contributed by atoms with E-state index in [-0.39, 0.29) is 30.4 Å². The van der Waals surface area contributed by atoms with Crippen molar-refractivity contribution in [2.24, 2.45) is 0 Å². The molecule has 8 nitrogen and oxygen atoms in total. The number of nitrogens with one attached hydrogen (secondary N) is 1. The molecule has 10 heteroatoms. The number of carbonyl (C=O) groups excluding carboxylic acids is 1. The van der Waals surface area contributed by atoms with E-state index in [1.165, 1.54) is 0 Å². The van der Waals surface area contributed by atoms with Crippen LogP contribution in [0.15, 0.2) is 24.3 Å². The molecule has 0 saturated heterocycles. The molecule has 216 valence electrons. The summed E-state index contributed by atoms with van der Waals surface area (Å²) < 4.78 is 27.1. The van der Waals surface area contributed by atoms with Crippen LogP contribution >= 0.6 is 11.6 Å². The minimum atomic E-state index is -1.46. The topological polar surface area (TPSA) is 118 Å². The number of fused-ring (bicyclic) bond motifs is 1. The zero-order valence-electron chi connectivity index (χ0n) is 23.9. The van der Waals surface area contributed by atoms with Crippen LogP contribution in [0.4, 0.5) is 0 Å². The lowest BCUT2D eigenvalue weighted by molar-refractivity contribution is 0.0395. The largest absolute Gasteiger partial charge is 0.496 e. The van der Waals surface area contributed by atoms with E-state index in [1.807, 2.05) is 33.8 Å². The first-order chi connectivity index (χ1) is 18.1. The van der Waals surface area contributed by atoms with Crippen LogP contribution in [-0.4, -0.2) is 49.8 Å². The number of aryl methyl sites for hydroxylation is 1. The number of aromatic nitrogens is 1. The van der Waals surface area contributed by atoms with Crippen molar-refractivity contribution in [1.29, 1.82) is 0 Å². The van der Waals surface area contributed by atoms with Crippen LogP contribution in [0.1, 0.15) is 94.4 Å². The number of benzene rings is 1. The normalized spacial score (nSPS) is 20.1. The zero-order valence-corrected chi connectivity index (χ0v) is 25.5. The molecule has 0 saturated carbocycles. The Balaban J connectivity index is 1.82. The molecule has 3 rings (SSSR count). The fraction of sp³-hybridized carbons (Fsp3) is 0.586. The van der Waals surface area contributed by atoms with Gasteiger partial charge in [0.15, 0.2) is 16.7 Å². The second kappa shape index (κ2) is 12.2. The Morgan fingerprint density at radius 3 is 2.59 bits per heavy atom. The van der Waals surface area contributed by atoms with Crippen LogP contribution in [0.5, 0.6) is 11.5 Å². The maximum Gasteiger partial charge on any atom is 0.171 e. The monoisotopic (exact) mass is 580 g/mol. The number of carbonyl (C=O) groups is 1. The number of hydrogen-bond acceptors (Lipinski definition) is 7. The quantitative estimate of drug-likeness (QED) is 0.239. The highest BCUT2D eigenvalue weighted by molar-refractivity contribution is 7.84. The first-order valence-electron chi connectivity index (χ1n) is 13.3. The van der Waals surface area contributed by atoms with Crippen molar-refractivity contribution in [1.82, 2.24) is 9.71 Å². The molecule has 0 spiro atoms. The fourth-order valence-electron chi connectivity index (χ4n) is 4.44. The van der Waals surface area contributed by atoms with Crippen molar-refractivity contribution in [2.75, 3.05) is 13.7 Å². The Bertz CT molecular complexity index is 1230. The van der Waals surface area contributed by atoms with Gasteiger partial charge in [0, 0.05) is 17.5 Å². The molecule has 39 heavy (non-hydrogen) atoms. The number of aliphatic hydroxyl groups is 2. The summed E-state index contributed by atoms with van der Waals surface area (Å²) >= 11 is 6.50. The van der Waals surface area contributed by atoms with Crippen LogP contribution in [0.2, 0.25) is 5.15 Å². The molecule has 2 heterocycles. The van der Waals surface area contributed by atoms with Crippen molar-refractivity contribution in [3.8, 4) is 11.5 Å². The molecule has 1 aromatic carbocycles. The first-order valence-corrected chi connectivity index (χ1v) is 14.8. The summed E-state index contributed by atoms with van der Waals surface area (Å²) in [4.78, 5) is 17.5. The molecule has 0 amide bonds. The van der Waals surface area contributed by atoms with Crippen LogP contribution in [0.25, 0.3) is 0 Å². The van der Waals surface area contributed by atoms with E-state index in [0.717, 1.165) is 5.56 Å². The smallest absolute Gasteiger partial charge is 0.171 e. The van der Waals surface area contributed by atoms with Crippen molar-refractivity contribution in [3.05, 3.63) is 51.8 Å². The van der Waals surface area contributed by atoms with Gasteiger partial charge in [-0.15, -0.1) is 0 Å². The van der Waals surface area contributed by atoms with E-state index in [2.05, 4.69) is 9.71 Å². The molecule has 1 aliphatic rings. The Hall–Kier alpha value is -2.04. The minimum Gasteiger partial charge on any atom is -0.496 e. The first kappa shape index (κ1) is 31.5. The van der Waals surface area contributed by atoms with Crippen LogP contribution < -0.4 is 14.2 Å². The third kappa shape index (κ3) is 7.19. The summed E-state index contributed by atoms with van der Waals surface area (Å²) in [5.41, 5.74) is 0.198. The van der Waals surface area contributed by atoms with Crippen LogP contribution in [0, 0.1) is 0 Å². The molecule has 4 atom stereocenters. The highest BCUT2D eigenvalue weighted by atomic mass is 35.5. The maximum absolute atomic E-state index is 13.1. The van der Waals surface area contributed by atoms with Crippen molar-refractivity contribution in [3.63, 3.8) is 0 Å². The van der Waals surface area contributed by atoms with Gasteiger partial charge < -0.3 is 19.7 Å². The number of methoxy groups -OCH3 is 1. The van der Waals surface area contributed by atoms with Gasteiger partial charge in [-0.2, -0.15) is 0 Å². The summed E-state index contributed by atoms with van der Waals surface area (Å²) in [6.45, 7) is 11.2. The molecular formula is C29H41ClN2O6S. The van der Waals surface area contributed by atoms with Crippen LogP contribution in [0.3, 0.4) is 0 Å². The van der Waals surface area contributed by atoms with Gasteiger partial charge >= 0.3 is 0 Å². The van der Waals surface area contributed by atoms with Crippen molar-refractivity contribution in [2.45, 2.75) is 95.6 Å². The van der Waals surface area contributed by atoms with Gasteiger partial charge in [-0.1, -0.05) is 30.7 Å².